The van der Waals surface area contributed by atoms with Crippen LogP contribution in [0, 0.1) is 11.7 Å². The molecule has 0 aliphatic carbocycles. The normalized spacial score (nSPS) is 11.0. The Bertz CT molecular complexity index is 983. The molecule has 0 bridgehead atoms. The van der Waals surface area contributed by atoms with Gasteiger partial charge in [-0.3, -0.25) is 5.10 Å². The number of methoxy groups -OCH3 is 1. The fourth-order valence-electron chi connectivity index (χ4n) is 2.28. The van der Waals surface area contributed by atoms with Gasteiger partial charge in [0.05, 0.1) is 13.3 Å². The first-order valence-electron chi connectivity index (χ1n) is 7.81. The van der Waals surface area contributed by atoms with Gasteiger partial charge < -0.3 is 9.47 Å². The molecule has 0 fully saturated rings. The molecule has 134 valence electrons. The van der Waals surface area contributed by atoms with E-state index in [0.717, 1.165) is 15.6 Å². The highest BCUT2D eigenvalue weighted by atomic mass is 79.9. The zero-order valence-electron chi connectivity index (χ0n) is 14.3. The van der Waals surface area contributed by atoms with Crippen molar-refractivity contribution in [1.29, 1.82) is 0 Å². The Morgan fingerprint density at radius 2 is 2.04 bits per heavy atom. The summed E-state index contributed by atoms with van der Waals surface area (Å²) < 4.78 is 14.2. The lowest BCUT2D eigenvalue weighted by Crippen LogP contribution is -2.00. The molecule has 0 unspecified atom stereocenters. The van der Waals surface area contributed by atoms with Crippen molar-refractivity contribution in [3.8, 4) is 11.5 Å². The fraction of sp³-hybridized carbons (Fsp3) is 0.167. The molecule has 1 heterocycles. The first-order chi connectivity index (χ1) is 12.6. The first-order valence-corrected chi connectivity index (χ1v) is 9.01. The van der Waals surface area contributed by atoms with Crippen molar-refractivity contribution in [2.24, 2.45) is 5.10 Å². The molecule has 0 saturated carbocycles. The third kappa shape index (κ3) is 4.20. The number of nitrogens with one attached hydrogen (secondary N) is 1. The summed E-state index contributed by atoms with van der Waals surface area (Å²) in [5.74, 6) is 1.95. The number of ether oxygens (including phenoxy) is 2. The second-order valence-corrected chi connectivity index (χ2v) is 6.67. The molecule has 0 aliphatic heterocycles. The molecule has 26 heavy (non-hydrogen) atoms. The average Bonchev–Trinajstić information content (AvgIpc) is 2.98. The van der Waals surface area contributed by atoms with Crippen molar-refractivity contribution >= 4 is 34.4 Å². The Kier molecular flexibility index (Phi) is 5.85. The van der Waals surface area contributed by atoms with Crippen LogP contribution in [-0.4, -0.2) is 28.2 Å². The van der Waals surface area contributed by atoms with E-state index in [4.69, 9.17) is 21.7 Å². The third-order valence-electron chi connectivity index (χ3n) is 3.64. The highest BCUT2D eigenvalue weighted by Crippen LogP contribution is 2.33. The van der Waals surface area contributed by atoms with E-state index in [1.807, 2.05) is 49.4 Å². The fourth-order valence-corrected chi connectivity index (χ4v) is 2.93. The van der Waals surface area contributed by atoms with E-state index in [1.54, 1.807) is 18.0 Å². The zero-order chi connectivity index (χ0) is 18.5. The van der Waals surface area contributed by atoms with Gasteiger partial charge in [-0.05, 0) is 52.8 Å². The molecule has 0 amide bonds. The Balaban J connectivity index is 1.84. The van der Waals surface area contributed by atoms with E-state index in [-0.39, 0.29) is 0 Å². The maximum Gasteiger partial charge on any atom is 0.216 e. The van der Waals surface area contributed by atoms with Crippen LogP contribution in [0.1, 0.15) is 17.0 Å². The molecule has 6 nitrogen and oxygen atoms in total. The molecule has 0 aliphatic rings. The summed E-state index contributed by atoms with van der Waals surface area (Å²) in [4.78, 5) is 0. The Morgan fingerprint density at radius 1 is 1.27 bits per heavy atom. The molecule has 0 atom stereocenters. The predicted octanol–water partition coefficient (Wildman–Crippen LogP) is 4.48. The summed E-state index contributed by atoms with van der Waals surface area (Å²) >= 11 is 8.70. The SMILES string of the molecule is COc1cc(/C=N\n2c(C)n[nH]c2=S)c(Br)cc1OCc1ccccc1. The van der Waals surface area contributed by atoms with Gasteiger partial charge in [0.2, 0.25) is 4.77 Å². The van der Waals surface area contributed by atoms with Crippen LogP contribution in [-0.2, 0) is 6.61 Å². The van der Waals surface area contributed by atoms with Crippen LogP contribution in [0.5, 0.6) is 11.5 Å². The number of hydrogen-bond donors (Lipinski definition) is 1. The lowest BCUT2D eigenvalue weighted by atomic mass is 10.2. The summed E-state index contributed by atoms with van der Waals surface area (Å²) in [5, 5.41) is 11.1. The van der Waals surface area contributed by atoms with Gasteiger partial charge in [0.15, 0.2) is 11.5 Å². The molecule has 3 rings (SSSR count). The van der Waals surface area contributed by atoms with Gasteiger partial charge in [0.25, 0.3) is 0 Å². The number of H-pyrrole nitrogens is 1. The monoisotopic (exact) mass is 432 g/mol. The van der Waals surface area contributed by atoms with Gasteiger partial charge in [-0.2, -0.15) is 14.9 Å². The van der Waals surface area contributed by atoms with E-state index in [2.05, 4.69) is 31.2 Å². The lowest BCUT2D eigenvalue weighted by molar-refractivity contribution is 0.284. The van der Waals surface area contributed by atoms with Crippen molar-refractivity contribution in [2.75, 3.05) is 7.11 Å². The molecular formula is C18H17BrN4O2S. The quantitative estimate of drug-likeness (QED) is 0.460. The van der Waals surface area contributed by atoms with Gasteiger partial charge in [0, 0.05) is 10.0 Å². The van der Waals surface area contributed by atoms with Crippen LogP contribution in [0.4, 0.5) is 0 Å². The number of halogens is 1. The molecule has 2 aromatic carbocycles. The van der Waals surface area contributed by atoms with Crippen molar-refractivity contribution in [1.82, 2.24) is 14.9 Å². The number of hydrogen-bond acceptors (Lipinski definition) is 5. The third-order valence-corrected chi connectivity index (χ3v) is 4.60. The number of nitrogens with zero attached hydrogens (tertiary/aromatic N) is 3. The molecule has 0 spiro atoms. The minimum Gasteiger partial charge on any atom is -0.493 e. The van der Waals surface area contributed by atoms with E-state index in [1.165, 1.54) is 0 Å². The minimum atomic E-state index is 0.435. The maximum absolute atomic E-state index is 5.90. The highest BCUT2D eigenvalue weighted by Gasteiger charge is 2.10. The topological polar surface area (TPSA) is 64.4 Å². The van der Waals surface area contributed by atoms with Crippen LogP contribution >= 0.6 is 28.1 Å². The van der Waals surface area contributed by atoms with E-state index >= 15 is 0 Å². The van der Waals surface area contributed by atoms with Crippen molar-refractivity contribution in [3.05, 3.63) is 68.7 Å². The number of aromatic nitrogens is 3. The maximum atomic E-state index is 5.90. The largest absolute Gasteiger partial charge is 0.493 e. The van der Waals surface area contributed by atoms with E-state index < -0.39 is 0 Å². The second kappa shape index (κ2) is 8.29. The Morgan fingerprint density at radius 3 is 2.69 bits per heavy atom. The van der Waals surface area contributed by atoms with Gasteiger partial charge in [-0.25, -0.2) is 0 Å². The molecule has 1 N–H and O–H groups in total. The molecule has 0 radical (unpaired) electrons. The summed E-state index contributed by atoms with van der Waals surface area (Å²) in [6, 6.07) is 13.7. The summed E-state index contributed by atoms with van der Waals surface area (Å²) in [6.07, 6.45) is 1.69. The van der Waals surface area contributed by atoms with Gasteiger partial charge in [0.1, 0.15) is 12.4 Å². The summed E-state index contributed by atoms with van der Waals surface area (Å²) in [5.41, 5.74) is 1.91. The predicted molar refractivity (Wildman–Crippen MR) is 107 cm³/mol. The Hall–Kier alpha value is -2.45. The van der Waals surface area contributed by atoms with E-state index in [0.29, 0.717) is 28.7 Å². The van der Waals surface area contributed by atoms with Crippen LogP contribution in [0.2, 0.25) is 0 Å². The van der Waals surface area contributed by atoms with Crippen molar-refractivity contribution < 1.29 is 9.47 Å². The van der Waals surface area contributed by atoms with Crippen molar-refractivity contribution in [3.63, 3.8) is 0 Å². The average molecular weight is 433 g/mol. The number of benzene rings is 2. The van der Waals surface area contributed by atoms with Gasteiger partial charge >= 0.3 is 0 Å². The smallest absolute Gasteiger partial charge is 0.216 e. The zero-order valence-corrected chi connectivity index (χ0v) is 16.7. The summed E-state index contributed by atoms with van der Waals surface area (Å²) in [7, 11) is 1.61. The molecule has 8 heteroatoms. The minimum absolute atomic E-state index is 0.435. The number of rotatable bonds is 6. The lowest BCUT2D eigenvalue weighted by Gasteiger charge is -2.12. The van der Waals surface area contributed by atoms with Crippen LogP contribution in [0.3, 0.4) is 0 Å². The molecule has 3 aromatic rings. The standard InChI is InChI=1S/C18H17BrN4O2S/c1-12-21-22-18(26)23(12)20-10-14-8-16(24-2)17(9-15(14)19)25-11-13-6-4-3-5-7-13/h3-10H,11H2,1-2H3,(H,22,26)/b20-10-. The number of aromatic amines is 1. The number of aryl methyl sites for hydroxylation is 1. The van der Waals surface area contributed by atoms with Gasteiger partial charge in [-0.1, -0.05) is 30.3 Å². The van der Waals surface area contributed by atoms with Gasteiger partial charge in [-0.15, -0.1) is 0 Å². The van der Waals surface area contributed by atoms with E-state index in [9.17, 15) is 0 Å². The molecular weight excluding hydrogens is 416 g/mol. The van der Waals surface area contributed by atoms with Crippen LogP contribution in [0.25, 0.3) is 0 Å². The first kappa shape index (κ1) is 18.3. The molecule has 0 saturated heterocycles. The summed E-state index contributed by atoms with van der Waals surface area (Å²) in [6.45, 7) is 2.28. The van der Waals surface area contributed by atoms with Crippen LogP contribution in [0.15, 0.2) is 52.0 Å². The second-order valence-electron chi connectivity index (χ2n) is 5.43. The Labute approximate surface area is 164 Å². The molecule has 1 aromatic heterocycles. The highest BCUT2D eigenvalue weighted by molar-refractivity contribution is 9.10. The van der Waals surface area contributed by atoms with Crippen LogP contribution < -0.4 is 9.47 Å². The van der Waals surface area contributed by atoms with Crippen molar-refractivity contribution in [2.45, 2.75) is 13.5 Å².